The average Bonchev–Trinajstić information content (AvgIpc) is 2.42. The molecule has 0 radical (unpaired) electrons. The van der Waals surface area contributed by atoms with Gasteiger partial charge < -0.3 is 16.2 Å². The van der Waals surface area contributed by atoms with Crippen LogP contribution in [0.1, 0.15) is 25.7 Å². The van der Waals surface area contributed by atoms with E-state index in [9.17, 15) is 4.79 Å². The van der Waals surface area contributed by atoms with Crippen LogP contribution in [-0.2, 0) is 4.74 Å². The lowest BCUT2D eigenvalue weighted by atomic mass is 9.98. The van der Waals surface area contributed by atoms with Crippen molar-refractivity contribution in [2.45, 2.75) is 43.8 Å². The molecule has 2 unspecified atom stereocenters. The van der Waals surface area contributed by atoms with Crippen molar-refractivity contribution in [3.05, 3.63) is 0 Å². The van der Waals surface area contributed by atoms with E-state index in [0.717, 1.165) is 19.4 Å². The van der Waals surface area contributed by atoms with Crippen LogP contribution in [0.4, 0.5) is 4.79 Å². The van der Waals surface area contributed by atoms with Crippen molar-refractivity contribution in [1.82, 2.24) is 4.90 Å². The highest BCUT2D eigenvalue weighted by molar-refractivity contribution is 5.64. The molecule has 15 heavy (non-hydrogen) atoms. The van der Waals surface area contributed by atoms with Gasteiger partial charge in [0.25, 0.3) is 0 Å². The standard InChI is InChI=1S/C10H19N3O2/c11-7-5-8-1-2-9(6-7)13(8)3-4-15-10(12)14/h7-9H,1-6,11H2,(H2,12,14). The number of primary amides is 1. The van der Waals surface area contributed by atoms with E-state index in [2.05, 4.69) is 4.90 Å². The molecule has 2 heterocycles. The van der Waals surface area contributed by atoms with Crippen LogP contribution in [0.5, 0.6) is 0 Å². The Balaban J connectivity index is 1.81. The molecular weight excluding hydrogens is 194 g/mol. The number of rotatable bonds is 3. The molecule has 0 spiro atoms. The molecule has 0 aromatic carbocycles. The van der Waals surface area contributed by atoms with E-state index in [1.165, 1.54) is 12.8 Å². The van der Waals surface area contributed by atoms with Gasteiger partial charge in [-0.15, -0.1) is 0 Å². The molecule has 2 bridgehead atoms. The molecule has 0 aromatic heterocycles. The van der Waals surface area contributed by atoms with Crippen LogP contribution in [0.15, 0.2) is 0 Å². The fraction of sp³-hybridized carbons (Fsp3) is 0.900. The second-order valence-corrected chi connectivity index (χ2v) is 4.52. The van der Waals surface area contributed by atoms with Crippen molar-refractivity contribution < 1.29 is 9.53 Å². The average molecular weight is 213 g/mol. The number of fused-ring (bicyclic) bond motifs is 2. The molecule has 2 atom stereocenters. The van der Waals surface area contributed by atoms with Gasteiger partial charge in [0.2, 0.25) is 0 Å². The molecule has 0 aromatic rings. The fourth-order valence-corrected chi connectivity index (χ4v) is 2.93. The van der Waals surface area contributed by atoms with Crippen LogP contribution in [-0.4, -0.2) is 42.3 Å². The zero-order valence-corrected chi connectivity index (χ0v) is 8.89. The SMILES string of the molecule is NC(=O)OCCN1C2CCC1CC(N)C2. The number of ether oxygens (including phenoxy) is 1. The number of carbonyl (C=O) groups excluding carboxylic acids is 1. The van der Waals surface area contributed by atoms with Gasteiger partial charge in [-0.3, -0.25) is 4.90 Å². The molecule has 5 nitrogen and oxygen atoms in total. The lowest BCUT2D eigenvalue weighted by Crippen LogP contribution is -2.48. The van der Waals surface area contributed by atoms with Crippen molar-refractivity contribution in [1.29, 1.82) is 0 Å². The molecule has 2 aliphatic heterocycles. The summed E-state index contributed by atoms with van der Waals surface area (Å²) in [6, 6.07) is 1.54. The summed E-state index contributed by atoms with van der Waals surface area (Å²) >= 11 is 0. The number of nitrogens with two attached hydrogens (primary N) is 2. The maximum Gasteiger partial charge on any atom is 0.404 e. The molecule has 2 fully saturated rings. The van der Waals surface area contributed by atoms with E-state index < -0.39 is 6.09 Å². The van der Waals surface area contributed by atoms with Gasteiger partial charge in [0.05, 0.1) is 0 Å². The largest absolute Gasteiger partial charge is 0.448 e. The highest BCUT2D eigenvalue weighted by atomic mass is 16.5. The Labute approximate surface area is 89.7 Å². The normalized spacial score (nSPS) is 35.4. The minimum absolute atomic E-state index is 0.357. The van der Waals surface area contributed by atoms with Crippen molar-refractivity contribution in [2.75, 3.05) is 13.2 Å². The lowest BCUT2D eigenvalue weighted by molar-refractivity contribution is 0.0874. The van der Waals surface area contributed by atoms with Crippen molar-refractivity contribution >= 4 is 6.09 Å². The first kappa shape index (κ1) is 10.7. The first-order valence-electron chi connectivity index (χ1n) is 5.60. The Kier molecular flexibility index (Phi) is 3.11. The molecule has 4 N–H and O–H groups in total. The minimum Gasteiger partial charge on any atom is -0.448 e. The van der Waals surface area contributed by atoms with Crippen LogP contribution in [0.3, 0.4) is 0 Å². The van der Waals surface area contributed by atoms with Gasteiger partial charge in [-0.05, 0) is 25.7 Å². The van der Waals surface area contributed by atoms with E-state index >= 15 is 0 Å². The highest BCUT2D eigenvalue weighted by Crippen LogP contribution is 2.34. The smallest absolute Gasteiger partial charge is 0.404 e. The second-order valence-electron chi connectivity index (χ2n) is 4.52. The molecule has 0 saturated carbocycles. The third kappa shape index (κ3) is 2.41. The molecule has 2 aliphatic rings. The Morgan fingerprint density at radius 2 is 1.93 bits per heavy atom. The summed E-state index contributed by atoms with van der Waals surface area (Å²) in [5.74, 6) is 0. The summed E-state index contributed by atoms with van der Waals surface area (Å²) in [4.78, 5) is 12.9. The third-order valence-corrected chi connectivity index (χ3v) is 3.51. The maximum atomic E-state index is 10.4. The number of hydrogen-bond donors (Lipinski definition) is 2. The lowest BCUT2D eigenvalue weighted by Gasteiger charge is -2.37. The molecule has 1 amide bonds. The molecule has 5 heteroatoms. The number of piperidine rings is 1. The van der Waals surface area contributed by atoms with Crippen molar-refractivity contribution in [3.63, 3.8) is 0 Å². The zero-order chi connectivity index (χ0) is 10.8. The van der Waals surface area contributed by atoms with E-state index in [1.54, 1.807) is 0 Å². The summed E-state index contributed by atoms with van der Waals surface area (Å²) in [5.41, 5.74) is 10.9. The summed E-state index contributed by atoms with van der Waals surface area (Å²) in [6.07, 6.45) is 3.93. The number of hydrogen-bond acceptors (Lipinski definition) is 4. The summed E-state index contributed by atoms with van der Waals surface area (Å²) in [7, 11) is 0. The zero-order valence-electron chi connectivity index (χ0n) is 8.89. The molecular formula is C10H19N3O2. The number of carbonyl (C=O) groups is 1. The van der Waals surface area contributed by atoms with Crippen LogP contribution in [0, 0.1) is 0 Å². The Bertz CT molecular complexity index is 233. The van der Waals surface area contributed by atoms with Gasteiger partial charge in [0.15, 0.2) is 0 Å². The van der Waals surface area contributed by atoms with Gasteiger partial charge in [-0.1, -0.05) is 0 Å². The summed E-state index contributed by atoms with van der Waals surface area (Å²) in [6.45, 7) is 1.20. The second kappa shape index (κ2) is 4.37. The van der Waals surface area contributed by atoms with Crippen LogP contribution < -0.4 is 11.5 Å². The van der Waals surface area contributed by atoms with Crippen LogP contribution in [0.25, 0.3) is 0 Å². The predicted molar refractivity (Wildman–Crippen MR) is 56.3 cm³/mol. The Morgan fingerprint density at radius 3 is 2.47 bits per heavy atom. The van der Waals surface area contributed by atoms with Gasteiger partial charge in [0.1, 0.15) is 6.61 Å². The first-order chi connectivity index (χ1) is 7.16. The van der Waals surface area contributed by atoms with Gasteiger partial charge in [-0.25, -0.2) is 4.79 Å². The Morgan fingerprint density at radius 1 is 1.33 bits per heavy atom. The quantitative estimate of drug-likeness (QED) is 0.693. The monoisotopic (exact) mass is 213 g/mol. The predicted octanol–water partition coefficient (Wildman–Crippen LogP) is 0.0358. The number of amides is 1. The molecule has 2 rings (SSSR count). The van der Waals surface area contributed by atoms with Gasteiger partial charge >= 0.3 is 6.09 Å². The Hall–Kier alpha value is -0.810. The fourth-order valence-electron chi connectivity index (χ4n) is 2.93. The van der Waals surface area contributed by atoms with E-state index in [1.807, 2.05) is 0 Å². The molecule has 86 valence electrons. The van der Waals surface area contributed by atoms with Crippen LogP contribution in [0.2, 0.25) is 0 Å². The topological polar surface area (TPSA) is 81.6 Å². The minimum atomic E-state index is -0.684. The van der Waals surface area contributed by atoms with E-state index in [-0.39, 0.29) is 0 Å². The van der Waals surface area contributed by atoms with E-state index in [4.69, 9.17) is 16.2 Å². The van der Waals surface area contributed by atoms with Gasteiger partial charge in [0, 0.05) is 24.7 Å². The summed E-state index contributed by atoms with van der Waals surface area (Å²) in [5, 5.41) is 0. The summed E-state index contributed by atoms with van der Waals surface area (Å²) < 4.78 is 4.76. The molecule has 0 aliphatic carbocycles. The van der Waals surface area contributed by atoms with Crippen molar-refractivity contribution in [2.24, 2.45) is 11.5 Å². The number of nitrogens with zero attached hydrogens (tertiary/aromatic N) is 1. The van der Waals surface area contributed by atoms with E-state index in [0.29, 0.717) is 24.7 Å². The highest BCUT2D eigenvalue weighted by Gasteiger charge is 2.39. The third-order valence-electron chi connectivity index (χ3n) is 3.51. The first-order valence-corrected chi connectivity index (χ1v) is 5.60. The molecule has 2 saturated heterocycles. The van der Waals surface area contributed by atoms with Crippen molar-refractivity contribution in [3.8, 4) is 0 Å². The van der Waals surface area contributed by atoms with Crippen LogP contribution >= 0.6 is 0 Å². The maximum absolute atomic E-state index is 10.4. The van der Waals surface area contributed by atoms with Gasteiger partial charge in [-0.2, -0.15) is 0 Å².